The number of hydrogen-bond donors (Lipinski definition) is 1. The second kappa shape index (κ2) is 6.27. The molecule has 2 aromatic rings. The predicted octanol–water partition coefficient (Wildman–Crippen LogP) is 3.58. The molecule has 1 heterocycles. The van der Waals surface area contributed by atoms with Gasteiger partial charge >= 0.3 is 0 Å². The fraction of sp³-hybridized carbons (Fsp3) is 0.308. The molecule has 0 bridgehead atoms. The van der Waals surface area contributed by atoms with E-state index in [0.29, 0.717) is 12.1 Å². The molecule has 1 aromatic carbocycles. The minimum atomic E-state index is -0.337. The smallest absolute Gasteiger partial charge is 0.146 e. The first-order chi connectivity index (χ1) is 8.66. The molecule has 0 saturated carbocycles. The molecule has 0 atom stereocenters. The maximum Gasteiger partial charge on any atom is 0.146 e. The molecule has 18 heavy (non-hydrogen) atoms. The number of hydrogen-bond acceptors (Lipinski definition) is 3. The van der Waals surface area contributed by atoms with Gasteiger partial charge in [0.05, 0.1) is 15.7 Å². The van der Waals surface area contributed by atoms with Crippen LogP contribution in [-0.2, 0) is 13.0 Å². The van der Waals surface area contributed by atoms with Crippen molar-refractivity contribution in [1.82, 2.24) is 10.3 Å². The van der Waals surface area contributed by atoms with Gasteiger partial charge in [-0.2, -0.15) is 0 Å². The first-order valence-electron chi connectivity index (χ1n) is 5.71. The SMILES string of the molecule is Cc1nc(CCNCc2cccc(Cl)c2F)cs1. The van der Waals surface area contributed by atoms with E-state index in [1.165, 1.54) is 0 Å². The Morgan fingerprint density at radius 2 is 2.28 bits per heavy atom. The van der Waals surface area contributed by atoms with Crippen LogP contribution in [0.5, 0.6) is 0 Å². The van der Waals surface area contributed by atoms with Crippen molar-refractivity contribution >= 4 is 22.9 Å². The maximum atomic E-state index is 13.6. The van der Waals surface area contributed by atoms with Crippen LogP contribution in [-0.4, -0.2) is 11.5 Å². The zero-order valence-corrected chi connectivity index (χ0v) is 11.6. The molecule has 0 aliphatic carbocycles. The maximum absolute atomic E-state index is 13.6. The highest BCUT2D eigenvalue weighted by molar-refractivity contribution is 7.09. The molecule has 0 radical (unpaired) electrons. The molecule has 2 rings (SSSR count). The molecule has 0 spiro atoms. The zero-order valence-electron chi connectivity index (χ0n) is 10.0. The van der Waals surface area contributed by atoms with Crippen molar-refractivity contribution in [1.29, 1.82) is 0 Å². The molecule has 5 heteroatoms. The van der Waals surface area contributed by atoms with Crippen LogP contribution in [0.4, 0.5) is 4.39 Å². The van der Waals surface area contributed by atoms with Crippen molar-refractivity contribution < 1.29 is 4.39 Å². The molecule has 0 saturated heterocycles. The standard InChI is InChI=1S/C13H14ClFN2S/c1-9-17-11(8-18-9)5-6-16-7-10-3-2-4-12(14)13(10)15/h2-4,8,16H,5-7H2,1H3. The van der Waals surface area contributed by atoms with Crippen LogP contribution in [0.2, 0.25) is 5.02 Å². The van der Waals surface area contributed by atoms with Gasteiger partial charge < -0.3 is 5.32 Å². The van der Waals surface area contributed by atoms with E-state index < -0.39 is 0 Å². The molecule has 0 amide bonds. The molecular weight excluding hydrogens is 271 g/mol. The Morgan fingerprint density at radius 1 is 1.44 bits per heavy atom. The molecule has 1 N–H and O–H groups in total. The zero-order chi connectivity index (χ0) is 13.0. The summed E-state index contributed by atoms with van der Waals surface area (Å²) < 4.78 is 13.6. The van der Waals surface area contributed by atoms with E-state index in [4.69, 9.17) is 11.6 Å². The molecule has 2 nitrogen and oxygen atoms in total. The number of aromatic nitrogens is 1. The fourth-order valence-electron chi connectivity index (χ4n) is 1.65. The number of rotatable bonds is 5. The van der Waals surface area contributed by atoms with Gasteiger partial charge in [-0.05, 0) is 13.0 Å². The second-order valence-corrected chi connectivity index (χ2v) is 5.47. The average Bonchev–Trinajstić information content (AvgIpc) is 2.76. The van der Waals surface area contributed by atoms with Crippen LogP contribution in [0.15, 0.2) is 23.6 Å². The highest BCUT2D eigenvalue weighted by Gasteiger charge is 2.05. The highest BCUT2D eigenvalue weighted by atomic mass is 35.5. The van der Waals surface area contributed by atoms with Crippen LogP contribution in [0.25, 0.3) is 0 Å². The third kappa shape index (κ3) is 3.51. The highest BCUT2D eigenvalue weighted by Crippen LogP contribution is 2.17. The summed E-state index contributed by atoms with van der Waals surface area (Å²) in [6, 6.07) is 5.05. The van der Waals surface area contributed by atoms with Crippen molar-refractivity contribution in [2.45, 2.75) is 19.9 Å². The van der Waals surface area contributed by atoms with E-state index in [1.54, 1.807) is 29.5 Å². The number of halogens is 2. The number of nitrogens with zero attached hydrogens (tertiary/aromatic N) is 1. The summed E-state index contributed by atoms with van der Waals surface area (Å²) in [5.74, 6) is -0.337. The molecule has 0 fully saturated rings. The molecule has 0 aliphatic heterocycles. The third-order valence-electron chi connectivity index (χ3n) is 2.57. The van der Waals surface area contributed by atoms with Gasteiger partial charge in [0.25, 0.3) is 0 Å². The van der Waals surface area contributed by atoms with Crippen molar-refractivity contribution in [2.75, 3.05) is 6.54 Å². The third-order valence-corrected chi connectivity index (χ3v) is 3.69. The summed E-state index contributed by atoms with van der Waals surface area (Å²) in [4.78, 5) is 4.37. The number of aryl methyl sites for hydroxylation is 1. The first kappa shape index (κ1) is 13.5. The van der Waals surface area contributed by atoms with Gasteiger partial charge in [-0.15, -0.1) is 11.3 Å². The predicted molar refractivity (Wildman–Crippen MR) is 73.7 cm³/mol. The van der Waals surface area contributed by atoms with E-state index >= 15 is 0 Å². The molecule has 96 valence electrons. The van der Waals surface area contributed by atoms with Gasteiger partial charge in [0.1, 0.15) is 5.82 Å². The lowest BCUT2D eigenvalue weighted by atomic mass is 10.2. The Kier molecular flexibility index (Phi) is 4.69. The summed E-state index contributed by atoms with van der Waals surface area (Å²) in [5.41, 5.74) is 1.67. The van der Waals surface area contributed by atoms with Crippen molar-refractivity contribution in [3.8, 4) is 0 Å². The average molecular weight is 285 g/mol. The van der Waals surface area contributed by atoms with Crippen LogP contribution in [0.3, 0.4) is 0 Å². The lowest BCUT2D eigenvalue weighted by Gasteiger charge is -2.06. The van der Waals surface area contributed by atoms with E-state index in [2.05, 4.69) is 15.7 Å². The van der Waals surface area contributed by atoms with Gasteiger partial charge in [-0.3, -0.25) is 0 Å². The Morgan fingerprint density at radius 3 is 3.00 bits per heavy atom. The van der Waals surface area contributed by atoms with Crippen molar-refractivity contribution in [3.63, 3.8) is 0 Å². The Balaban J connectivity index is 1.80. The monoisotopic (exact) mass is 284 g/mol. The topological polar surface area (TPSA) is 24.9 Å². The first-order valence-corrected chi connectivity index (χ1v) is 6.97. The van der Waals surface area contributed by atoms with Crippen molar-refractivity contribution in [2.24, 2.45) is 0 Å². The summed E-state index contributed by atoms with van der Waals surface area (Å²) in [5, 5.41) is 6.49. The summed E-state index contributed by atoms with van der Waals surface area (Å²) >= 11 is 7.36. The van der Waals surface area contributed by atoms with Crippen LogP contribution < -0.4 is 5.32 Å². The van der Waals surface area contributed by atoms with Gasteiger partial charge in [0.2, 0.25) is 0 Å². The number of thiazole rings is 1. The lowest BCUT2D eigenvalue weighted by Crippen LogP contribution is -2.17. The molecule has 1 aromatic heterocycles. The van der Waals surface area contributed by atoms with Crippen LogP contribution in [0, 0.1) is 12.7 Å². The number of benzene rings is 1. The Labute approximate surface area is 115 Å². The van der Waals surface area contributed by atoms with Gasteiger partial charge in [-0.1, -0.05) is 23.7 Å². The second-order valence-electron chi connectivity index (χ2n) is 4.00. The lowest BCUT2D eigenvalue weighted by molar-refractivity contribution is 0.588. The minimum absolute atomic E-state index is 0.171. The quantitative estimate of drug-likeness (QED) is 0.849. The molecule has 0 aliphatic rings. The van der Waals surface area contributed by atoms with E-state index in [1.807, 2.05) is 6.92 Å². The van der Waals surface area contributed by atoms with Crippen LogP contribution >= 0.6 is 22.9 Å². The number of nitrogens with one attached hydrogen (secondary N) is 1. The summed E-state index contributed by atoms with van der Waals surface area (Å²) in [7, 11) is 0. The van der Waals surface area contributed by atoms with E-state index in [9.17, 15) is 4.39 Å². The van der Waals surface area contributed by atoms with Gasteiger partial charge in [0, 0.05) is 30.5 Å². The largest absolute Gasteiger partial charge is 0.312 e. The summed E-state index contributed by atoms with van der Waals surface area (Å²) in [6.45, 7) is 3.24. The normalized spacial score (nSPS) is 10.8. The summed E-state index contributed by atoms with van der Waals surface area (Å²) in [6.07, 6.45) is 0.854. The van der Waals surface area contributed by atoms with E-state index in [0.717, 1.165) is 23.7 Å². The Hall–Kier alpha value is -0.970. The molecular formula is C13H14ClFN2S. The fourth-order valence-corrected chi connectivity index (χ4v) is 2.49. The van der Waals surface area contributed by atoms with Crippen LogP contribution in [0.1, 0.15) is 16.3 Å². The van der Waals surface area contributed by atoms with Gasteiger partial charge in [0.15, 0.2) is 0 Å². The van der Waals surface area contributed by atoms with Crippen molar-refractivity contribution in [3.05, 3.63) is 50.7 Å². The van der Waals surface area contributed by atoms with Gasteiger partial charge in [-0.25, -0.2) is 9.37 Å². The van der Waals surface area contributed by atoms with E-state index in [-0.39, 0.29) is 10.8 Å². The molecule has 0 unspecified atom stereocenters. The minimum Gasteiger partial charge on any atom is -0.312 e. The Bertz CT molecular complexity index is 527.